The Balaban J connectivity index is 1.36. The molecular formula is C25H28BN5O5. The summed E-state index contributed by atoms with van der Waals surface area (Å²) >= 11 is 0. The number of nitrogens with zero attached hydrogens (tertiary/aromatic N) is 4. The summed E-state index contributed by atoms with van der Waals surface area (Å²) in [6, 6.07) is 15.1. The number of amides is 1. The molecule has 0 aromatic carbocycles. The minimum Gasteiger partial charge on any atom is -0.481 e. The predicted molar refractivity (Wildman–Crippen MR) is 131 cm³/mol. The molecule has 36 heavy (non-hydrogen) atoms. The van der Waals surface area contributed by atoms with Crippen molar-refractivity contribution >= 4 is 19.0 Å². The largest absolute Gasteiger partial charge is 0.481 e. The molecule has 0 spiro atoms. The lowest BCUT2D eigenvalue weighted by molar-refractivity contribution is -0.139. The van der Waals surface area contributed by atoms with E-state index < -0.39 is 25.1 Å². The molecule has 2 atom stereocenters. The first-order valence-corrected chi connectivity index (χ1v) is 11.8. The molecule has 0 bridgehead atoms. The molecule has 3 N–H and O–H groups in total. The number of aliphatic carboxylic acids is 1. The number of carbonyl (C=O) groups is 2. The summed E-state index contributed by atoms with van der Waals surface area (Å²) in [6.07, 6.45) is 5.15. The second kappa shape index (κ2) is 12.3. The van der Waals surface area contributed by atoms with Gasteiger partial charge in [0.15, 0.2) is 0 Å². The second-order valence-corrected chi connectivity index (χ2v) is 8.73. The number of nitrogens with one attached hydrogen (secondary N) is 1. The highest BCUT2D eigenvalue weighted by Gasteiger charge is 2.36. The first kappa shape index (κ1) is 25.4. The molecule has 1 aliphatic rings. The normalized spacial score (nSPS) is 17.7. The monoisotopic (exact) mass is 489 g/mol. The Hall–Kier alpha value is -3.67. The number of carbonyl (C=O) groups excluding carboxylic acids is 1. The van der Waals surface area contributed by atoms with Gasteiger partial charge in [-0.25, -0.2) is 0 Å². The molecule has 0 saturated carbocycles. The van der Waals surface area contributed by atoms with Gasteiger partial charge in [-0.2, -0.15) is 0 Å². The molecule has 2 unspecified atom stereocenters. The number of pyridine rings is 3. The van der Waals surface area contributed by atoms with Crippen LogP contribution in [0.3, 0.4) is 0 Å². The van der Waals surface area contributed by atoms with Crippen molar-refractivity contribution in [3.63, 3.8) is 0 Å². The van der Waals surface area contributed by atoms with Crippen LogP contribution in [0, 0.1) is 0 Å². The first-order valence-electron chi connectivity index (χ1n) is 11.8. The van der Waals surface area contributed by atoms with E-state index in [0.717, 1.165) is 17.1 Å². The van der Waals surface area contributed by atoms with Gasteiger partial charge in [0.2, 0.25) is 0 Å². The van der Waals surface area contributed by atoms with Crippen molar-refractivity contribution in [1.29, 1.82) is 0 Å². The van der Waals surface area contributed by atoms with Gasteiger partial charge in [0.05, 0.1) is 41.1 Å². The Morgan fingerprint density at radius 2 is 1.58 bits per heavy atom. The highest BCUT2D eigenvalue weighted by Crippen LogP contribution is 2.19. The molecule has 3 aromatic heterocycles. The summed E-state index contributed by atoms with van der Waals surface area (Å²) in [4.78, 5) is 39.0. The van der Waals surface area contributed by atoms with Gasteiger partial charge in [-0.05, 0) is 49.2 Å². The average Bonchev–Trinajstić information content (AvgIpc) is 2.87. The summed E-state index contributed by atoms with van der Waals surface area (Å²) in [5.74, 6) is -1.98. The summed E-state index contributed by atoms with van der Waals surface area (Å²) in [7, 11) is -1.26. The fourth-order valence-corrected chi connectivity index (χ4v) is 4.10. The SMILES string of the molecule is O=C(O)CC1CCC(NC(=O)c2ccc(CN(Cc3ccccn3)Cc3ccccn3)nc2)B(O)O1. The minimum atomic E-state index is -1.26. The number of rotatable bonds is 10. The maximum Gasteiger partial charge on any atom is 0.478 e. The van der Waals surface area contributed by atoms with Crippen molar-refractivity contribution in [2.75, 3.05) is 0 Å². The molecule has 10 nitrogen and oxygen atoms in total. The quantitative estimate of drug-likeness (QED) is 0.364. The van der Waals surface area contributed by atoms with E-state index in [4.69, 9.17) is 9.76 Å². The van der Waals surface area contributed by atoms with Crippen LogP contribution >= 0.6 is 0 Å². The molecule has 0 radical (unpaired) electrons. The fourth-order valence-electron chi connectivity index (χ4n) is 4.10. The lowest BCUT2D eigenvalue weighted by atomic mass is 9.72. The number of carboxylic acid groups (broad SMARTS) is 1. The Kier molecular flexibility index (Phi) is 8.72. The zero-order valence-corrected chi connectivity index (χ0v) is 19.7. The van der Waals surface area contributed by atoms with E-state index >= 15 is 0 Å². The van der Waals surface area contributed by atoms with Gasteiger partial charge >= 0.3 is 13.1 Å². The lowest BCUT2D eigenvalue weighted by Gasteiger charge is -2.30. The molecule has 1 fully saturated rings. The van der Waals surface area contributed by atoms with Crippen LogP contribution in [0.4, 0.5) is 0 Å². The third kappa shape index (κ3) is 7.41. The van der Waals surface area contributed by atoms with Gasteiger partial charge in [-0.15, -0.1) is 0 Å². The van der Waals surface area contributed by atoms with Crippen LogP contribution in [-0.2, 0) is 29.1 Å². The Bertz CT molecular complexity index is 1100. The standard InChI is InChI=1S/C25H28BN5O5/c32-24(33)13-22-9-10-23(26(35)36-22)30-25(34)18-7-8-21(29-14-18)17-31(15-19-5-1-3-11-27-19)16-20-6-2-4-12-28-20/h1-8,11-12,14,22-23,35H,9-10,13,15-17H2,(H,30,34)(H,32,33). The highest BCUT2D eigenvalue weighted by molar-refractivity contribution is 6.45. The van der Waals surface area contributed by atoms with Gasteiger partial charge in [0.25, 0.3) is 5.91 Å². The van der Waals surface area contributed by atoms with Gasteiger partial charge in [-0.3, -0.25) is 29.4 Å². The van der Waals surface area contributed by atoms with Crippen molar-refractivity contribution in [3.05, 3.63) is 89.8 Å². The van der Waals surface area contributed by atoms with E-state index in [2.05, 4.69) is 25.2 Å². The van der Waals surface area contributed by atoms with E-state index in [1.54, 1.807) is 24.5 Å². The second-order valence-electron chi connectivity index (χ2n) is 8.73. The molecule has 4 rings (SSSR count). The maximum atomic E-state index is 12.7. The van der Waals surface area contributed by atoms with Crippen LogP contribution in [0.25, 0.3) is 0 Å². The summed E-state index contributed by atoms with van der Waals surface area (Å²) in [5.41, 5.74) is 3.02. The molecule has 1 amide bonds. The Labute approximate surface area is 209 Å². The molecular weight excluding hydrogens is 461 g/mol. The number of hydrogen-bond donors (Lipinski definition) is 3. The third-order valence-corrected chi connectivity index (χ3v) is 5.89. The van der Waals surface area contributed by atoms with Gasteiger partial charge in [-0.1, -0.05) is 12.1 Å². The lowest BCUT2D eigenvalue weighted by Crippen LogP contribution is -2.52. The molecule has 11 heteroatoms. The summed E-state index contributed by atoms with van der Waals surface area (Å²) in [6.45, 7) is 1.77. The van der Waals surface area contributed by atoms with Crippen LogP contribution in [0.1, 0.15) is 46.7 Å². The van der Waals surface area contributed by atoms with Gasteiger partial charge < -0.3 is 20.1 Å². The van der Waals surface area contributed by atoms with Crippen LogP contribution in [-0.4, -0.2) is 61.0 Å². The highest BCUT2D eigenvalue weighted by atomic mass is 16.5. The fraction of sp³-hybridized carbons (Fsp3) is 0.320. The van der Waals surface area contributed by atoms with Crippen LogP contribution in [0.15, 0.2) is 67.1 Å². The van der Waals surface area contributed by atoms with Gasteiger partial charge in [0.1, 0.15) is 0 Å². The molecule has 3 aromatic rings. The van der Waals surface area contributed by atoms with Crippen molar-refractivity contribution in [2.45, 2.75) is 50.9 Å². The van der Waals surface area contributed by atoms with E-state index in [0.29, 0.717) is 38.0 Å². The minimum absolute atomic E-state index is 0.180. The number of aromatic nitrogens is 3. The van der Waals surface area contributed by atoms with E-state index in [1.165, 1.54) is 6.20 Å². The van der Waals surface area contributed by atoms with Crippen molar-refractivity contribution < 1.29 is 24.4 Å². The maximum absolute atomic E-state index is 12.7. The molecule has 186 valence electrons. The third-order valence-electron chi connectivity index (χ3n) is 5.89. The Morgan fingerprint density at radius 1 is 0.944 bits per heavy atom. The van der Waals surface area contributed by atoms with Gasteiger partial charge in [0, 0.05) is 38.2 Å². The zero-order chi connectivity index (χ0) is 25.3. The average molecular weight is 489 g/mol. The van der Waals surface area contributed by atoms with Crippen LogP contribution in [0.5, 0.6) is 0 Å². The summed E-state index contributed by atoms with van der Waals surface area (Å²) < 4.78 is 5.34. The van der Waals surface area contributed by atoms with Crippen molar-refractivity contribution in [2.24, 2.45) is 0 Å². The number of hydrogen-bond acceptors (Lipinski definition) is 8. The van der Waals surface area contributed by atoms with E-state index in [1.807, 2.05) is 36.4 Å². The summed E-state index contributed by atoms with van der Waals surface area (Å²) in [5, 5.41) is 21.8. The number of carboxylic acids is 1. The van der Waals surface area contributed by atoms with E-state index in [-0.39, 0.29) is 12.3 Å². The van der Waals surface area contributed by atoms with Crippen LogP contribution in [0.2, 0.25) is 0 Å². The zero-order valence-electron chi connectivity index (χ0n) is 19.7. The predicted octanol–water partition coefficient (Wildman–Crippen LogP) is 1.85. The first-order chi connectivity index (χ1) is 17.5. The molecule has 1 saturated heterocycles. The molecule has 0 aliphatic carbocycles. The van der Waals surface area contributed by atoms with Crippen LogP contribution < -0.4 is 5.32 Å². The smallest absolute Gasteiger partial charge is 0.478 e. The topological polar surface area (TPSA) is 138 Å². The van der Waals surface area contributed by atoms with E-state index in [9.17, 15) is 14.6 Å². The molecule has 1 aliphatic heterocycles. The van der Waals surface area contributed by atoms with Crippen molar-refractivity contribution in [3.8, 4) is 0 Å². The van der Waals surface area contributed by atoms with Crippen molar-refractivity contribution in [1.82, 2.24) is 25.2 Å². The molecule has 4 heterocycles. The Morgan fingerprint density at radius 3 is 2.08 bits per heavy atom.